The van der Waals surface area contributed by atoms with Gasteiger partial charge >= 0.3 is 0 Å². The lowest BCUT2D eigenvalue weighted by atomic mass is 10.1. The second-order valence-corrected chi connectivity index (χ2v) is 7.20. The Morgan fingerprint density at radius 2 is 1.82 bits per heavy atom. The third kappa shape index (κ3) is 3.89. The van der Waals surface area contributed by atoms with Crippen LogP contribution in [-0.2, 0) is 17.8 Å². The van der Waals surface area contributed by atoms with Crippen molar-refractivity contribution in [2.75, 3.05) is 4.90 Å². The molecule has 2 aromatic carbocycles. The lowest BCUT2D eigenvalue weighted by molar-refractivity contribution is -0.118. The number of hydrogen-bond acceptors (Lipinski definition) is 4. The van der Waals surface area contributed by atoms with E-state index >= 15 is 0 Å². The van der Waals surface area contributed by atoms with Crippen molar-refractivity contribution in [3.05, 3.63) is 89.8 Å². The molecule has 0 spiro atoms. The first-order chi connectivity index (χ1) is 13.6. The van der Waals surface area contributed by atoms with E-state index in [-0.39, 0.29) is 30.2 Å². The van der Waals surface area contributed by atoms with E-state index in [2.05, 4.69) is 9.97 Å². The van der Waals surface area contributed by atoms with E-state index in [9.17, 15) is 13.6 Å². The molecule has 4 rings (SSSR count). The third-order valence-electron chi connectivity index (χ3n) is 4.21. The van der Waals surface area contributed by atoms with Gasteiger partial charge in [-0.1, -0.05) is 35.6 Å². The number of fused-ring (bicyclic) bond motifs is 1. The Morgan fingerprint density at radius 3 is 2.54 bits per heavy atom. The Hall–Kier alpha value is -3.19. The van der Waals surface area contributed by atoms with Crippen LogP contribution in [0.15, 0.2) is 66.9 Å². The van der Waals surface area contributed by atoms with Crippen molar-refractivity contribution in [3.63, 3.8) is 0 Å². The van der Waals surface area contributed by atoms with Crippen molar-refractivity contribution in [2.45, 2.75) is 13.0 Å². The number of anilines is 1. The van der Waals surface area contributed by atoms with Crippen LogP contribution in [0.25, 0.3) is 10.2 Å². The predicted octanol–water partition coefficient (Wildman–Crippen LogP) is 4.75. The van der Waals surface area contributed by atoms with Gasteiger partial charge in [-0.2, -0.15) is 0 Å². The number of nitrogens with zero attached hydrogens (tertiary/aromatic N) is 3. The fraction of sp³-hybridized carbons (Fsp3) is 0.0952. The molecule has 0 saturated carbocycles. The molecule has 0 unspecified atom stereocenters. The molecule has 7 heteroatoms. The number of pyridine rings is 1. The van der Waals surface area contributed by atoms with Crippen LogP contribution in [0.1, 0.15) is 11.3 Å². The van der Waals surface area contributed by atoms with Gasteiger partial charge in [-0.3, -0.25) is 14.7 Å². The summed E-state index contributed by atoms with van der Waals surface area (Å²) in [6.07, 6.45) is 1.72. The molecule has 0 saturated heterocycles. The summed E-state index contributed by atoms with van der Waals surface area (Å²) in [4.78, 5) is 23.2. The summed E-state index contributed by atoms with van der Waals surface area (Å²) in [5, 5.41) is 0.401. The Balaban J connectivity index is 1.69. The monoisotopic (exact) mass is 395 g/mol. The van der Waals surface area contributed by atoms with Gasteiger partial charge in [-0.15, -0.1) is 0 Å². The summed E-state index contributed by atoms with van der Waals surface area (Å²) < 4.78 is 27.9. The van der Waals surface area contributed by atoms with E-state index in [1.54, 1.807) is 36.5 Å². The van der Waals surface area contributed by atoms with Crippen LogP contribution in [0.3, 0.4) is 0 Å². The van der Waals surface area contributed by atoms with Gasteiger partial charge in [0, 0.05) is 6.20 Å². The van der Waals surface area contributed by atoms with Crippen LogP contribution in [0.2, 0.25) is 0 Å². The van der Waals surface area contributed by atoms with E-state index in [0.717, 1.165) is 0 Å². The van der Waals surface area contributed by atoms with E-state index in [1.807, 2.05) is 12.1 Å². The molecule has 0 N–H and O–H groups in total. The molecule has 4 aromatic rings. The number of aromatic nitrogens is 2. The molecule has 0 atom stereocenters. The first-order valence-corrected chi connectivity index (χ1v) is 9.41. The molecule has 0 aliphatic heterocycles. The van der Waals surface area contributed by atoms with Crippen LogP contribution in [-0.4, -0.2) is 15.9 Å². The number of thiazole rings is 1. The van der Waals surface area contributed by atoms with Crippen molar-refractivity contribution in [1.29, 1.82) is 0 Å². The SMILES string of the molecule is O=C(Cc1ccc(F)cc1)N(Cc1ccccn1)c1nc2c(F)cccc2s1. The average molecular weight is 395 g/mol. The summed E-state index contributed by atoms with van der Waals surface area (Å²) in [6.45, 7) is 0.211. The van der Waals surface area contributed by atoms with Gasteiger partial charge in [0.2, 0.25) is 5.91 Å². The topological polar surface area (TPSA) is 46.1 Å². The van der Waals surface area contributed by atoms with Crippen molar-refractivity contribution < 1.29 is 13.6 Å². The van der Waals surface area contributed by atoms with Gasteiger partial charge in [-0.25, -0.2) is 13.8 Å². The minimum Gasteiger partial charge on any atom is -0.282 e. The number of amides is 1. The number of benzene rings is 2. The molecule has 0 bridgehead atoms. The maximum atomic E-state index is 14.1. The number of halogens is 2. The molecule has 0 aliphatic carbocycles. The third-order valence-corrected chi connectivity index (χ3v) is 5.25. The standard InChI is InChI=1S/C21H15F2N3OS/c22-15-9-7-14(8-10-15)12-19(27)26(13-16-4-1-2-11-24-16)21-25-20-17(23)5-3-6-18(20)28-21/h1-11H,12-13H2. The summed E-state index contributed by atoms with van der Waals surface area (Å²) in [5.41, 5.74) is 1.61. The number of hydrogen-bond donors (Lipinski definition) is 0. The summed E-state index contributed by atoms with van der Waals surface area (Å²) in [5.74, 6) is -1.01. The van der Waals surface area contributed by atoms with Gasteiger partial charge < -0.3 is 0 Å². The summed E-state index contributed by atoms with van der Waals surface area (Å²) in [6, 6.07) is 15.9. The lowest BCUT2D eigenvalue weighted by Gasteiger charge is -2.19. The van der Waals surface area contributed by atoms with Crippen LogP contribution in [0.4, 0.5) is 13.9 Å². The predicted molar refractivity (Wildman–Crippen MR) is 105 cm³/mol. The molecule has 2 aromatic heterocycles. The van der Waals surface area contributed by atoms with Gasteiger partial charge in [0.1, 0.15) is 17.2 Å². The van der Waals surface area contributed by atoms with E-state index in [4.69, 9.17) is 0 Å². The largest absolute Gasteiger partial charge is 0.282 e. The van der Waals surface area contributed by atoms with E-state index < -0.39 is 5.82 Å². The maximum absolute atomic E-state index is 14.1. The lowest BCUT2D eigenvalue weighted by Crippen LogP contribution is -2.32. The van der Waals surface area contributed by atoms with Crippen molar-refractivity contribution in [1.82, 2.24) is 9.97 Å². The zero-order valence-electron chi connectivity index (χ0n) is 14.7. The number of rotatable bonds is 5. The smallest absolute Gasteiger partial charge is 0.233 e. The number of carbonyl (C=O) groups excluding carboxylic acids is 1. The highest BCUT2D eigenvalue weighted by molar-refractivity contribution is 7.22. The molecule has 0 aliphatic rings. The highest BCUT2D eigenvalue weighted by atomic mass is 32.1. The second kappa shape index (κ2) is 7.82. The van der Waals surface area contributed by atoms with Gasteiger partial charge in [0.25, 0.3) is 0 Å². The highest BCUT2D eigenvalue weighted by Crippen LogP contribution is 2.31. The number of carbonyl (C=O) groups is 1. The van der Waals surface area contributed by atoms with Crippen molar-refractivity contribution in [3.8, 4) is 0 Å². The molecule has 0 fully saturated rings. The van der Waals surface area contributed by atoms with E-state index in [0.29, 0.717) is 21.1 Å². The fourth-order valence-corrected chi connectivity index (χ4v) is 3.80. The van der Waals surface area contributed by atoms with Gasteiger partial charge in [0.15, 0.2) is 5.13 Å². The molecule has 28 heavy (non-hydrogen) atoms. The van der Waals surface area contributed by atoms with Crippen LogP contribution in [0.5, 0.6) is 0 Å². The van der Waals surface area contributed by atoms with Crippen molar-refractivity contribution >= 4 is 32.6 Å². The molecular weight excluding hydrogens is 380 g/mol. The van der Waals surface area contributed by atoms with E-state index in [1.165, 1.54) is 34.4 Å². The molecular formula is C21H15F2N3OS. The first kappa shape index (κ1) is 18.2. The summed E-state index contributed by atoms with van der Waals surface area (Å²) in [7, 11) is 0. The summed E-state index contributed by atoms with van der Waals surface area (Å²) >= 11 is 1.25. The van der Waals surface area contributed by atoms with Crippen molar-refractivity contribution in [2.24, 2.45) is 0 Å². The minimum absolute atomic E-state index is 0.0749. The Labute approximate surface area is 164 Å². The van der Waals surface area contributed by atoms with Crippen LogP contribution < -0.4 is 4.90 Å². The number of para-hydroxylation sites is 1. The maximum Gasteiger partial charge on any atom is 0.233 e. The van der Waals surface area contributed by atoms with Gasteiger partial charge in [-0.05, 0) is 42.0 Å². The van der Waals surface area contributed by atoms with Gasteiger partial charge in [0.05, 0.1) is 23.4 Å². The van der Waals surface area contributed by atoms with Crippen LogP contribution in [0, 0.1) is 11.6 Å². The van der Waals surface area contributed by atoms with Crippen LogP contribution >= 0.6 is 11.3 Å². The zero-order chi connectivity index (χ0) is 19.5. The minimum atomic E-state index is -0.427. The molecule has 4 nitrogen and oxygen atoms in total. The molecule has 1 amide bonds. The fourth-order valence-electron chi connectivity index (χ4n) is 2.81. The highest BCUT2D eigenvalue weighted by Gasteiger charge is 2.22. The Bertz CT molecular complexity index is 1110. The second-order valence-electron chi connectivity index (χ2n) is 6.19. The Morgan fingerprint density at radius 1 is 1.00 bits per heavy atom. The quantitative estimate of drug-likeness (QED) is 0.490. The molecule has 2 heterocycles. The average Bonchev–Trinajstić information content (AvgIpc) is 3.14. The zero-order valence-corrected chi connectivity index (χ0v) is 15.5. The molecule has 140 valence electrons. The Kier molecular flexibility index (Phi) is 5.08. The first-order valence-electron chi connectivity index (χ1n) is 8.60. The normalized spacial score (nSPS) is 10.9. The molecule has 0 radical (unpaired) electrons.